The molecular formula is C14H20ClFN2O2. The Kier molecular flexibility index (Phi) is 6.20. The molecule has 0 aliphatic rings. The van der Waals surface area contributed by atoms with Gasteiger partial charge in [-0.3, -0.25) is 10.1 Å². The standard InChI is InChI=1S/C14H20ClFN2O2/c1-9(2)5-4-6-10(3)17-13-7-11(15)12(16)8-14(13)18(19)20/h7-10,17H,4-6H2,1-3H3. The average molecular weight is 303 g/mol. The van der Waals surface area contributed by atoms with Gasteiger partial charge in [-0.2, -0.15) is 0 Å². The lowest BCUT2D eigenvalue weighted by Crippen LogP contribution is -2.16. The van der Waals surface area contributed by atoms with Crippen LogP contribution in [0.5, 0.6) is 0 Å². The number of nitrogens with zero attached hydrogens (tertiary/aromatic N) is 1. The summed E-state index contributed by atoms with van der Waals surface area (Å²) in [7, 11) is 0. The van der Waals surface area contributed by atoms with Gasteiger partial charge in [-0.05, 0) is 25.3 Å². The fraction of sp³-hybridized carbons (Fsp3) is 0.571. The lowest BCUT2D eigenvalue weighted by Gasteiger charge is -2.16. The molecule has 1 atom stereocenters. The Balaban J connectivity index is 2.75. The van der Waals surface area contributed by atoms with E-state index in [1.807, 2.05) is 6.92 Å². The van der Waals surface area contributed by atoms with Crippen LogP contribution >= 0.6 is 11.6 Å². The van der Waals surface area contributed by atoms with E-state index in [-0.39, 0.29) is 22.4 Å². The van der Waals surface area contributed by atoms with Gasteiger partial charge in [0.2, 0.25) is 0 Å². The highest BCUT2D eigenvalue weighted by atomic mass is 35.5. The lowest BCUT2D eigenvalue weighted by atomic mass is 10.0. The van der Waals surface area contributed by atoms with E-state index in [2.05, 4.69) is 19.2 Å². The number of halogens is 2. The maximum absolute atomic E-state index is 13.3. The maximum atomic E-state index is 13.3. The molecule has 0 aromatic heterocycles. The predicted molar refractivity (Wildman–Crippen MR) is 79.8 cm³/mol. The van der Waals surface area contributed by atoms with E-state index in [4.69, 9.17) is 11.6 Å². The van der Waals surface area contributed by atoms with Gasteiger partial charge in [0.1, 0.15) is 11.5 Å². The first-order valence-corrected chi connectivity index (χ1v) is 7.09. The van der Waals surface area contributed by atoms with Crippen molar-refractivity contribution in [3.05, 3.63) is 33.1 Å². The minimum atomic E-state index is -0.781. The van der Waals surface area contributed by atoms with Crippen molar-refractivity contribution in [2.45, 2.75) is 46.1 Å². The van der Waals surface area contributed by atoms with Gasteiger partial charge in [0.05, 0.1) is 16.0 Å². The molecule has 0 heterocycles. The van der Waals surface area contributed by atoms with Crippen molar-refractivity contribution in [2.24, 2.45) is 5.92 Å². The summed E-state index contributed by atoms with van der Waals surface area (Å²) >= 11 is 5.68. The summed E-state index contributed by atoms with van der Waals surface area (Å²) in [4.78, 5) is 10.3. The maximum Gasteiger partial charge on any atom is 0.295 e. The van der Waals surface area contributed by atoms with Crippen LogP contribution in [0.4, 0.5) is 15.8 Å². The Bertz CT molecular complexity index is 480. The summed E-state index contributed by atoms with van der Waals surface area (Å²) in [5.74, 6) is -0.145. The summed E-state index contributed by atoms with van der Waals surface area (Å²) in [6.07, 6.45) is 3.04. The second-order valence-electron chi connectivity index (χ2n) is 5.41. The zero-order chi connectivity index (χ0) is 15.3. The Labute approximate surface area is 123 Å². The normalized spacial score (nSPS) is 12.5. The van der Waals surface area contributed by atoms with E-state index in [1.54, 1.807) is 0 Å². The monoisotopic (exact) mass is 302 g/mol. The van der Waals surface area contributed by atoms with Crippen LogP contribution in [0.25, 0.3) is 0 Å². The third-order valence-corrected chi connectivity index (χ3v) is 3.35. The summed E-state index contributed by atoms with van der Waals surface area (Å²) in [6.45, 7) is 6.26. The molecule has 1 aromatic rings. The molecule has 0 saturated heterocycles. The molecule has 112 valence electrons. The van der Waals surface area contributed by atoms with Gasteiger partial charge in [0.25, 0.3) is 5.69 Å². The highest BCUT2D eigenvalue weighted by Crippen LogP contribution is 2.31. The first-order chi connectivity index (χ1) is 9.31. The molecule has 1 rings (SSSR count). The fourth-order valence-corrected chi connectivity index (χ4v) is 2.14. The molecule has 0 amide bonds. The number of rotatable bonds is 7. The van der Waals surface area contributed by atoms with Crippen molar-refractivity contribution in [2.75, 3.05) is 5.32 Å². The molecule has 0 saturated carbocycles. The smallest absolute Gasteiger partial charge is 0.295 e. The number of anilines is 1. The summed E-state index contributed by atoms with van der Waals surface area (Å²) in [5, 5.41) is 13.8. The van der Waals surface area contributed by atoms with Crippen molar-refractivity contribution in [1.29, 1.82) is 0 Å². The van der Waals surface area contributed by atoms with Crippen LogP contribution in [0.2, 0.25) is 5.02 Å². The number of nitro groups is 1. The lowest BCUT2D eigenvalue weighted by molar-refractivity contribution is -0.384. The molecule has 6 heteroatoms. The largest absolute Gasteiger partial charge is 0.377 e. The summed E-state index contributed by atoms with van der Waals surface area (Å²) in [5.41, 5.74) is -0.0268. The zero-order valence-electron chi connectivity index (χ0n) is 12.0. The molecule has 0 bridgehead atoms. The first-order valence-electron chi connectivity index (χ1n) is 6.71. The van der Waals surface area contributed by atoms with Crippen LogP contribution < -0.4 is 5.32 Å². The summed E-state index contributed by atoms with van der Waals surface area (Å²) in [6, 6.07) is 2.19. The Morgan fingerprint density at radius 1 is 1.35 bits per heavy atom. The highest BCUT2D eigenvalue weighted by molar-refractivity contribution is 6.31. The van der Waals surface area contributed by atoms with Gasteiger partial charge in [-0.1, -0.05) is 38.3 Å². The highest BCUT2D eigenvalue weighted by Gasteiger charge is 2.19. The minimum absolute atomic E-state index is 0.0639. The van der Waals surface area contributed by atoms with Crippen molar-refractivity contribution in [3.8, 4) is 0 Å². The molecule has 0 aliphatic heterocycles. The number of benzene rings is 1. The van der Waals surface area contributed by atoms with Gasteiger partial charge < -0.3 is 5.32 Å². The molecule has 0 radical (unpaired) electrons. The molecule has 1 N–H and O–H groups in total. The van der Waals surface area contributed by atoms with Crippen LogP contribution in [-0.4, -0.2) is 11.0 Å². The Morgan fingerprint density at radius 2 is 2.00 bits per heavy atom. The average Bonchev–Trinajstić information content (AvgIpc) is 2.32. The fourth-order valence-electron chi connectivity index (χ4n) is 1.97. The van der Waals surface area contributed by atoms with E-state index in [0.29, 0.717) is 5.92 Å². The third kappa shape index (κ3) is 4.96. The second-order valence-corrected chi connectivity index (χ2v) is 5.82. The number of hydrogen-bond donors (Lipinski definition) is 1. The summed E-state index contributed by atoms with van der Waals surface area (Å²) < 4.78 is 13.3. The molecule has 1 unspecified atom stereocenters. The third-order valence-electron chi connectivity index (χ3n) is 3.06. The van der Waals surface area contributed by atoms with Crippen LogP contribution in [0.1, 0.15) is 40.0 Å². The topological polar surface area (TPSA) is 55.2 Å². The molecule has 4 nitrogen and oxygen atoms in total. The number of nitrogens with one attached hydrogen (secondary N) is 1. The van der Waals surface area contributed by atoms with E-state index in [0.717, 1.165) is 25.3 Å². The van der Waals surface area contributed by atoms with Crippen LogP contribution in [0.3, 0.4) is 0 Å². The molecule has 1 aromatic carbocycles. The van der Waals surface area contributed by atoms with E-state index < -0.39 is 10.7 Å². The first kappa shape index (κ1) is 16.7. The van der Waals surface area contributed by atoms with Gasteiger partial charge >= 0.3 is 0 Å². The van der Waals surface area contributed by atoms with Crippen LogP contribution in [0.15, 0.2) is 12.1 Å². The van der Waals surface area contributed by atoms with Crippen LogP contribution in [0, 0.1) is 21.8 Å². The van der Waals surface area contributed by atoms with Crippen LogP contribution in [-0.2, 0) is 0 Å². The van der Waals surface area contributed by atoms with Gasteiger partial charge in [0.15, 0.2) is 0 Å². The van der Waals surface area contributed by atoms with E-state index in [9.17, 15) is 14.5 Å². The minimum Gasteiger partial charge on any atom is -0.377 e. The molecule has 0 aliphatic carbocycles. The predicted octanol–water partition coefficient (Wildman–Crippen LogP) is 5.01. The van der Waals surface area contributed by atoms with Gasteiger partial charge in [0, 0.05) is 6.04 Å². The van der Waals surface area contributed by atoms with Crippen molar-refractivity contribution >= 4 is 23.0 Å². The second kappa shape index (κ2) is 7.43. The van der Waals surface area contributed by atoms with Crippen molar-refractivity contribution < 1.29 is 9.31 Å². The SMILES string of the molecule is CC(C)CCCC(C)Nc1cc(Cl)c(F)cc1[N+](=O)[O-]. The Hall–Kier alpha value is -1.36. The van der Waals surface area contributed by atoms with E-state index >= 15 is 0 Å². The van der Waals surface area contributed by atoms with Gasteiger partial charge in [-0.25, -0.2) is 4.39 Å². The quantitative estimate of drug-likeness (QED) is 0.568. The molecular weight excluding hydrogens is 283 g/mol. The van der Waals surface area contributed by atoms with Crippen molar-refractivity contribution in [3.63, 3.8) is 0 Å². The molecule has 0 spiro atoms. The zero-order valence-corrected chi connectivity index (χ0v) is 12.7. The number of hydrogen-bond acceptors (Lipinski definition) is 3. The molecule has 20 heavy (non-hydrogen) atoms. The van der Waals surface area contributed by atoms with E-state index in [1.165, 1.54) is 6.07 Å². The molecule has 0 fully saturated rings. The number of nitro benzene ring substituents is 1. The van der Waals surface area contributed by atoms with Crippen molar-refractivity contribution in [1.82, 2.24) is 0 Å². The Morgan fingerprint density at radius 3 is 2.55 bits per heavy atom. The van der Waals surface area contributed by atoms with Gasteiger partial charge in [-0.15, -0.1) is 0 Å².